The Morgan fingerprint density at radius 3 is 2.32 bits per heavy atom. The first-order valence-electron chi connectivity index (χ1n) is 11.0. The molecule has 192 valence electrons. The molecule has 0 aliphatic heterocycles. The van der Waals surface area contributed by atoms with Gasteiger partial charge >= 0.3 is 12.3 Å². The first kappa shape index (κ1) is 27.8. The fourth-order valence-corrected chi connectivity index (χ4v) is 4.50. The normalized spacial score (nSPS) is 16.5. The molecule has 1 heterocycles. The van der Waals surface area contributed by atoms with Crippen LogP contribution in [0.25, 0.3) is 0 Å². The van der Waals surface area contributed by atoms with Crippen LogP contribution in [0.2, 0.25) is 0 Å². The van der Waals surface area contributed by atoms with Gasteiger partial charge in [-0.15, -0.1) is 0 Å². The summed E-state index contributed by atoms with van der Waals surface area (Å²) in [6.07, 6.45) is -1.18. The quantitative estimate of drug-likeness (QED) is 0.491. The largest absolute Gasteiger partial charge is 0.444 e. The monoisotopic (exact) mass is 508 g/mol. The minimum absolute atomic E-state index is 0.0334. The predicted octanol–water partition coefficient (Wildman–Crippen LogP) is 3.72. The second-order valence-electron chi connectivity index (χ2n) is 9.15. The zero-order valence-electron chi connectivity index (χ0n) is 19.4. The van der Waals surface area contributed by atoms with Crippen molar-refractivity contribution in [3.05, 3.63) is 18.3 Å². The standard InChI is InChI=1S/C21H31F3N4O5S/c1-20(2,3)33-19(30)28-17(14-7-5-4-6-8-14)18(29)27-16-10-9-15(13-25-16)34(31,32)26-12-11-21(22,23)24/h9-10,13-14,17,26H,4-8,11-12H2,1-3H3,(H,28,30)(H,25,27,29)/t17-/m0/s1. The minimum Gasteiger partial charge on any atom is -0.444 e. The molecule has 3 N–H and O–H groups in total. The SMILES string of the molecule is CC(C)(C)OC(=O)N[C@H](C(=O)Nc1ccc(S(=O)(=O)NCCC(F)(F)F)cn1)C1CCCCC1. The topological polar surface area (TPSA) is 126 Å². The Kier molecular flexibility index (Phi) is 9.29. The van der Waals surface area contributed by atoms with Gasteiger partial charge in [-0.05, 0) is 51.7 Å². The van der Waals surface area contributed by atoms with E-state index in [2.05, 4.69) is 15.6 Å². The summed E-state index contributed by atoms with van der Waals surface area (Å²) in [6.45, 7) is 4.32. The first-order chi connectivity index (χ1) is 15.7. The molecule has 0 spiro atoms. The second kappa shape index (κ2) is 11.3. The average molecular weight is 509 g/mol. The summed E-state index contributed by atoms with van der Waals surface area (Å²) in [5.41, 5.74) is -0.741. The number of anilines is 1. The van der Waals surface area contributed by atoms with Crippen LogP contribution in [0.5, 0.6) is 0 Å². The summed E-state index contributed by atoms with van der Waals surface area (Å²) in [7, 11) is -4.19. The maximum absolute atomic E-state index is 13.0. The van der Waals surface area contributed by atoms with Crippen molar-refractivity contribution in [1.29, 1.82) is 0 Å². The Hall–Kier alpha value is -2.41. The number of carbonyl (C=O) groups is 2. The maximum Gasteiger partial charge on any atom is 0.408 e. The zero-order valence-corrected chi connectivity index (χ0v) is 20.2. The van der Waals surface area contributed by atoms with Crippen LogP contribution >= 0.6 is 0 Å². The lowest BCUT2D eigenvalue weighted by Gasteiger charge is -2.30. The molecule has 1 fully saturated rings. The van der Waals surface area contributed by atoms with Gasteiger partial charge in [0.1, 0.15) is 22.4 Å². The molecular formula is C21H31F3N4O5S. The van der Waals surface area contributed by atoms with Gasteiger partial charge in [-0.3, -0.25) is 4.79 Å². The molecule has 2 amide bonds. The molecule has 1 aromatic heterocycles. The number of ether oxygens (including phenoxy) is 1. The van der Waals surface area contributed by atoms with Crippen molar-refractivity contribution in [2.24, 2.45) is 5.92 Å². The highest BCUT2D eigenvalue weighted by atomic mass is 32.2. The van der Waals surface area contributed by atoms with Crippen molar-refractivity contribution < 1.29 is 35.9 Å². The lowest BCUT2D eigenvalue weighted by Crippen LogP contribution is -2.50. The third kappa shape index (κ3) is 9.45. The molecular weight excluding hydrogens is 477 g/mol. The van der Waals surface area contributed by atoms with Gasteiger partial charge in [-0.1, -0.05) is 19.3 Å². The molecule has 2 rings (SSSR count). The number of sulfonamides is 1. The summed E-state index contributed by atoms with van der Waals surface area (Å²) in [6, 6.07) is 1.47. The van der Waals surface area contributed by atoms with E-state index >= 15 is 0 Å². The van der Waals surface area contributed by atoms with Crippen molar-refractivity contribution in [3.63, 3.8) is 0 Å². The van der Waals surface area contributed by atoms with E-state index in [1.165, 1.54) is 6.07 Å². The number of hydrogen-bond donors (Lipinski definition) is 3. The van der Waals surface area contributed by atoms with Gasteiger partial charge in [0, 0.05) is 12.7 Å². The van der Waals surface area contributed by atoms with Crippen LogP contribution in [0.1, 0.15) is 59.3 Å². The third-order valence-electron chi connectivity index (χ3n) is 5.07. The number of nitrogens with zero attached hydrogens (tertiary/aromatic N) is 1. The van der Waals surface area contributed by atoms with Crippen LogP contribution in [-0.2, 0) is 19.6 Å². The van der Waals surface area contributed by atoms with Crippen molar-refractivity contribution in [2.45, 2.75) is 82.0 Å². The molecule has 0 saturated heterocycles. The van der Waals surface area contributed by atoms with Crippen LogP contribution in [0.15, 0.2) is 23.2 Å². The molecule has 1 atom stereocenters. The molecule has 13 heteroatoms. The van der Waals surface area contributed by atoms with Gasteiger partial charge in [0.05, 0.1) is 6.42 Å². The Balaban J connectivity index is 2.07. The number of amides is 2. The van der Waals surface area contributed by atoms with E-state index in [0.29, 0.717) is 0 Å². The van der Waals surface area contributed by atoms with Crippen LogP contribution in [0.3, 0.4) is 0 Å². The van der Waals surface area contributed by atoms with E-state index in [9.17, 15) is 31.2 Å². The lowest BCUT2D eigenvalue weighted by atomic mass is 9.83. The summed E-state index contributed by atoms with van der Waals surface area (Å²) in [4.78, 5) is 28.8. The predicted molar refractivity (Wildman–Crippen MR) is 118 cm³/mol. The number of carbonyl (C=O) groups excluding carboxylic acids is 2. The summed E-state index contributed by atoms with van der Waals surface area (Å²) >= 11 is 0. The van der Waals surface area contributed by atoms with Crippen molar-refractivity contribution in [2.75, 3.05) is 11.9 Å². The van der Waals surface area contributed by atoms with Crippen molar-refractivity contribution >= 4 is 27.8 Å². The number of alkyl halides is 3. The fraction of sp³-hybridized carbons (Fsp3) is 0.667. The van der Waals surface area contributed by atoms with Crippen LogP contribution in [-0.4, -0.2) is 49.8 Å². The summed E-state index contributed by atoms with van der Waals surface area (Å²) in [5, 5.41) is 5.20. The number of hydrogen-bond acceptors (Lipinski definition) is 6. The fourth-order valence-electron chi connectivity index (χ4n) is 3.53. The molecule has 1 aromatic rings. The van der Waals surface area contributed by atoms with E-state index in [4.69, 9.17) is 4.74 Å². The number of rotatable bonds is 8. The molecule has 0 aromatic carbocycles. The number of pyridine rings is 1. The third-order valence-corrected chi connectivity index (χ3v) is 6.52. The molecule has 9 nitrogen and oxygen atoms in total. The van der Waals surface area contributed by atoms with Gasteiger partial charge in [-0.2, -0.15) is 13.2 Å². The maximum atomic E-state index is 13.0. The smallest absolute Gasteiger partial charge is 0.408 e. The van der Waals surface area contributed by atoms with E-state index < -0.39 is 52.8 Å². The summed E-state index contributed by atoms with van der Waals surface area (Å²) in [5.74, 6) is -0.589. The summed E-state index contributed by atoms with van der Waals surface area (Å²) < 4.78 is 68.1. The Labute approximate surface area is 197 Å². The molecule has 0 unspecified atom stereocenters. The van der Waals surface area contributed by atoms with E-state index in [0.717, 1.165) is 44.4 Å². The Bertz CT molecular complexity index is 941. The Morgan fingerprint density at radius 2 is 1.79 bits per heavy atom. The van der Waals surface area contributed by atoms with E-state index in [1.807, 2.05) is 4.72 Å². The highest BCUT2D eigenvalue weighted by molar-refractivity contribution is 7.89. The van der Waals surface area contributed by atoms with Gasteiger partial charge in [0.2, 0.25) is 15.9 Å². The number of aromatic nitrogens is 1. The molecule has 0 bridgehead atoms. The lowest BCUT2D eigenvalue weighted by molar-refractivity contribution is -0.132. The molecule has 0 radical (unpaired) electrons. The van der Waals surface area contributed by atoms with Gasteiger partial charge in [-0.25, -0.2) is 22.9 Å². The zero-order chi connectivity index (χ0) is 25.6. The minimum atomic E-state index is -4.49. The molecule has 1 aliphatic carbocycles. The number of halogens is 3. The van der Waals surface area contributed by atoms with Crippen LogP contribution in [0, 0.1) is 5.92 Å². The van der Waals surface area contributed by atoms with Gasteiger partial charge in [0.25, 0.3) is 0 Å². The Morgan fingerprint density at radius 1 is 1.15 bits per heavy atom. The molecule has 34 heavy (non-hydrogen) atoms. The van der Waals surface area contributed by atoms with Crippen LogP contribution in [0.4, 0.5) is 23.8 Å². The van der Waals surface area contributed by atoms with Gasteiger partial charge < -0.3 is 15.4 Å². The van der Waals surface area contributed by atoms with E-state index in [-0.39, 0.29) is 16.6 Å². The van der Waals surface area contributed by atoms with Crippen molar-refractivity contribution in [1.82, 2.24) is 15.0 Å². The highest BCUT2D eigenvalue weighted by Gasteiger charge is 2.33. The first-order valence-corrected chi connectivity index (χ1v) is 12.5. The molecule has 1 saturated carbocycles. The van der Waals surface area contributed by atoms with Crippen molar-refractivity contribution in [3.8, 4) is 0 Å². The number of alkyl carbamates (subject to hydrolysis) is 1. The van der Waals surface area contributed by atoms with Crippen LogP contribution < -0.4 is 15.4 Å². The number of nitrogens with one attached hydrogen (secondary N) is 3. The van der Waals surface area contributed by atoms with Gasteiger partial charge in [0.15, 0.2) is 0 Å². The average Bonchev–Trinajstić information content (AvgIpc) is 2.70. The van der Waals surface area contributed by atoms with E-state index in [1.54, 1.807) is 20.8 Å². The second-order valence-corrected chi connectivity index (χ2v) is 10.9. The highest BCUT2D eigenvalue weighted by Crippen LogP contribution is 2.27. The molecule has 1 aliphatic rings.